The van der Waals surface area contributed by atoms with Crippen LogP contribution in [0.1, 0.15) is 44.9 Å². The molecule has 118 valence electrons. The Morgan fingerprint density at radius 3 is 2.45 bits per heavy atom. The first-order valence-electron chi connectivity index (χ1n) is 8.27. The highest BCUT2D eigenvalue weighted by molar-refractivity contribution is 5.48. The maximum atomic E-state index is 14.3. The molecule has 4 rings (SSSR count). The van der Waals surface area contributed by atoms with Crippen LogP contribution in [0.2, 0.25) is 0 Å². The first kappa shape index (κ1) is 14.3. The lowest BCUT2D eigenvalue weighted by Crippen LogP contribution is -2.57. The van der Waals surface area contributed by atoms with E-state index in [4.69, 9.17) is 0 Å². The van der Waals surface area contributed by atoms with E-state index in [0.29, 0.717) is 6.42 Å². The van der Waals surface area contributed by atoms with Gasteiger partial charge in [0.05, 0.1) is 5.41 Å². The second-order valence-electron chi connectivity index (χ2n) is 7.21. The SMILES string of the molecule is FC(F)(F)C12/C=C\CCCC[C@]1([C@@]13C=CCC1=CC3)C=CC2. The summed E-state index contributed by atoms with van der Waals surface area (Å²) in [6, 6.07) is 0. The van der Waals surface area contributed by atoms with Crippen LogP contribution >= 0.6 is 0 Å². The topological polar surface area (TPSA) is 0 Å². The highest BCUT2D eigenvalue weighted by Crippen LogP contribution is 2.74. The van der Waals surface area contributed by atoms with Gasteiger partial charge < -0.3 is 0 Å². The Kier molecular flexibility index (Phi) is 2.87. The molecule has 3 heteroatoms. The Morgan fingerprint density at radius 1 is 0.909 bits per heavy atom. The van der Waals surface area contributed by atoms with E-state index < -0.39 is 22.4 Å². The van der Waals surface area contributed by atoms with Crippen molar-refractivity contribution in [3.8, 4) is 0 Å². The van der Waals surface area contributed by atoms with Gasteiger partial charge in [-0.25, -0.2) is 0 Å². The average molecular weight is 306 g/mol. The van der Waals surface area contributed by atoms with Crippen LogP contribution in [0.3, 0.4) is 0 Å². The molecule has 4 aliphatic rings. The third kappa shape index (κ3) is 1.45. The Hall–Kier alpha value is -1.25. The summed E-state index contributed by atoms with van der Waals surface area (Å²) in [4.78, 5) is 0. The molecule has 0 radical (unpaired) electrons. The normalized spacial score (nSPS) is 44.6. The summed E-state index contributed by atoms with van der Waals surface area (Å²) in [5.74, 6) is 0. The molecule has 0 saturated heterocycles. The van der Waals surface area contributed by atoms with Gasteiger partial charge in [-0.2, -0.15) is 13.2 Å². The summed E-state index contributed by atoms with van der Waals surface area (Å²) in [6.45, 7) is 0. The van der Waals surface area contributed by atoms with E-state index in [9.17, 15) is 13.2 Å². The Bertz CT molecular complexity index is 607. The number of alkyl halides is 3. The zero-order valence-corrected chi connectivity index (χ0v) is 12.6. The lowest BCUT2D eigenvalue weighted by Gasteiger charge is -2.58. The van der Waals surface area contributed by atoms with E-state index in [1.807, 2.05) is 6.08 Å². The fourth-order valence-electron chi connectivity index (χ4n) is 5.39. The van der Waals surface area contributed by atoms with Gasteiger partial charge in [0.25, 0.3) is 0 Å². The van der Waals surface area contributed by atoms with Crippen LogP contribution in [0, 0.1) is 16.2 Å². The third-order valence-electron chi connectivity index (χ3n) is 6.52. The van der Waals surface area contributed by atoms with Crippen LogP contribution in [0.25, 0.3) is 0 Å². The molecule has 0 aromatic rings. The molecule has 0 aliphatic heterocycles. The predicted octanol–water partition coefficient (Wildman–Crippen LogP) is 5.89. The van der Waals surface area contributed by atoms with E-state index in [1.54, 1.807) is 12.2 Å². The molecule has 3 atom stereocenters. The van der Waals surface area contributed by atoms with Crippen LogP contribution in [-0.4, -0.2) is 6.18 Å². The molecule has 1 unspecified atom stereocenters. The Balaban J connectivity index is 1.95. The van der Waals surface area contributed by atoms with Crippen molar-refractivity contribution in [2.75, 3.05) is 0 Å². The van der Waals surface area contributed by atoms with Crippen molar-refractivity contribution in [1.82, 2.24) is 0 Å². The minimum atomic E-state index is -4.21. The van der Waals surface area contributed by atoms with Crippen molar-refractivity contribution < 1.29 is 13.2 Å². The molecule has 0 N–H and O–H groups in total. The van der Waals surface area contributed by atoms with E-state index in [-0.39, 0.29) is 6.42 Å². The minimum absolute atomic E-state index is 0.0931. The molecule has 0 fully saturated rings. The summed E-state index contributed by atoms with van der Waals surface area (Å²) in [6.07, 6.45) is 14.0. The van der Waals surface area contributed by atoms with Gasteiger partial charge in [-0.15, -0.1) is 0 Å². The molecular weight excluding hydrogens is 285 g/mol. The number of rotatable bonds is 1. The lowest BCUT2D eigenvalue weighted by atomic mass is 9.44. The molecule has 0 aromatic heterocycles. The van der Waals surface area contributed by atoms with Gasteiger partial charge in [0.15, 0.2) is 0 Å². The maximum Gasteiger partial charge on any atom is 0.399 e. The average Bonchev–Trinajstić information content (AvgIpc) is 2.90. The number of allylic oxidation sites excluding steroid dienone is 8. The van der Waals surface area contributed by atoms with Crippen LogP contribution in [0.15, 0.2) is 48.1 Å². The molecule has 0 heterocycles. The van der Waals surface area contributed by atoms with E-state index in [1.165, 1.54) is 11.6 Å². The van der Waals surface area contributed by atoms with Crippen LogP contribution in [0.5, 0.6) is 0 Å². The minimum Gasteiger partial charge on any atom is -0.170 e. The Morgan fingerprint density at radius 2 is 1.77 bits per heavy atom. The van der Waals surface area contributed by atoms with Crippen molar-refractivity contribution in [3.05, 3.63) is 48.1 Å². The smallest absolute Gasteiger partial charge is 0.170 e. The molecular formula is C19H21F3. The first-order valence-corrected chi connectivity index (χ1v) is 8.27. The van der Waals surface area contributed by atoms with Gasteiger partial charge in [-0.05, 0) is 38.5 Å². The van der Waals surface area contributed by atoms with Gasteiger partial charge in [-0.3, -0.25) is 0 Å². The largest absolute Gasteiger partial charge is 0.399 e. The molecule has 22 heavy (non-hydrogen) atoms. The summed E-state index contributed by atoms with van der Waals surface area (Å²) >= 11 is 0. The zero-order chi connectivity index (χ0) is 15.5. The fraction of sp³-hybridized carbons (Fsp3) is 0.579. The Labute approximate surface area is 129 Å². The van der Waals surface area contributed by atoms with Crippen LogP contribution in [-0.2, 0) is 0 Å². The summed E-state index contributed by atoms with van der Waals surface area (Å²) in [7, 11) is 0. The first-order chi connectivity index (χ1) is 10.5. The molecule has 4 aliphatic carbocycles. The van der Waals surface area contributed by atoms with Gasteiger partial charge in [0.1, 0.15) is 0 Å². The van der Waals surface area contributed by atoms with E-state index in [0.717, 1.165) is 32.1 Å². The zero-order valence-electron chi connectivity index (χ0n) is 12.6. The fourth-order valence-corrected chi connectivity index (χ4v) is 5.39. The highest BCUT2D eigenvalue weighted by Gasteiger charge is 2.72. The monoisotopic (exact) mass is 306 g/mol. The summed E-state index contributed by atoms with van der Waals surface area (Å²) < 4.78 is 42.9. The maximum absolute atomic E-state index is 14.3. The number of hydrogen-bond donors (Lipinski definition) is 0. The molecule has 0 spiro atoms. The van der Waals surface area contributed by atoms with Gasteiger partial charge in [-0.1, -0.05) is 54.5 Å². The highest BCUT2D eigenvalue weighted by atomic mass is 19.4. The molecule has 0 nitrogen and oxygen atoms in total. The molecule has 0 aromatic carbocycles. The van der Waals surface area contributed by atoms with Crippen molar-refractivity contribution in [2.24, 2.45) is 16.2 Å². The van der Waals surface area contributed by atoms with Crippen molar-refractivity contribution in [2.45, 2.75) is 51.1 Å². The van der Waals surface area contributed by atoms with Gasteiger partial charge in [0.2, 0.25) is 0 Å². The van der Waals surface area contributed by atoms with E-state index in [2.05, 4.69) is 18.2 Å². The van der Waals surface area contributed by atoms with Gasteiger partial charge in [0, 0.05) is 10.8 Å². The quantitative estimate of drug-likeness (QED) is 0.530. The molecule has 0 amide bonds. The molecule has 0 saturated carbocycles. The number of fused-ring (bicyclic) bond motifs is 3. The standard InChI is InChI=1S/C19H21F3/c20-19(21,22)18-11-4-2-1-3-10-17(18,12-6-13-18)16-9-5-7-15(16)8-14-16/h4-6,8-9,11-12H,1-3,7,10,13-14H2/b11-4-/t16-,17-,18?/m1/s1. The lowest BCUT2D eigenvalue weighted by molar-refractivity contribution is -0.247. The third-order valence-corrected chi connectivity index (χ3v) is 6.52. The van der Waals surface area contributed by atoms with Crippen LogP contribution in [0.4, 0.5) is 13.2 Å². The van der Waals surface area contributed by atoms with Crippen molar-refractivity contribution in [3.63, 3.8) is 0 Å². The number of halogens is 3. The predicted molar refractivity (Wildman–Crippen MR) is 81.2 cm³/mol. The second-order valence-corrected chi connectivity index (χ2v) is 7.21. The second kappa shape index (κ2) is 4.39. The summed E-state index contributed by atoms with van der Waals surface area (Å²) in [5.41, 5.74) is -1.74. The van der Waals surface area contributed by atoms with Gasteiger partial charge >= 0.3 is 6.18 Å². The summed E-state index contributed by atoms with van der Waals surface area (Å²) in [5, 5.41) is 0. The number of hydrogen-bond acceptors (Lipinski definition) is 0. The van der Waals surface area contributed by atoms with Crippen LogP contribution < -0.4 is 0 Å². The van der Waals surface area contributed by atoms with Crippen molar-refractivity contribution in [1.29, 1.82) is 0 Å². The van der Waals surface area contributed by atoms with Crippen molar-refractivity contribution >= 4 is 0 Å². The van der Waals surface area contributed by atoms with E-state index >= 15 is 0 Å². The molecule has 0 bridgehead atoms.